The molecule has 104 valence electrons. The van der Waals surface area contributed by atoms with Crippen LogP contribution in [-0.2, 0) is 0 Å². The van der Waals surface area contributed by atoms with Crippen LogP contribution in [0.3, 0.4) is 0 Å². The zero-order valence-electron chi connectivity index (χ0n) is 11.5. The number of halogens is 1. The maximum absolute atomic E-state index is 12.3. The van der Waals surface area contributed by atoms with Crippen LogP contribution in [0.25, 0.3) is 0 Å². The van der Waals surface area contributed by atoms with Gasteiger partial charge in [-0.1, -0.05) is 45.8 Å². The average Bonchev–Trinajstić information content (AvgIpc) is 2.42. The number of aryl methyl sites for hydroxylation is 1. The second-order valence-corrected chi connectivity index (χ2v) is 5.75. The number of rotatable bonds is 3. The van der Waals surface area contributed by atoms with Crippen molar-refractivity contribution in [2.45, 2.75) is 19.9 Å². The Labute approximate surface area is 127 Å². The fourth-order valence-corrected chi connectivity index (χ4v) is 2.30. The molecule has 0 radical (unpaired) electrons. The molecule has 0 saturated carbocycles. The predicted octanol–water partition coefficient (Wildman–Crippen LogP) is 3.83. The molecule has 0 saturated heterocycles. The highest BCUT2D eigenvalue weighted by atomic mass is 79.9. The predicted molar refractivity (Wildman–Crippen MR) is 85.6 cm³/mol. The highest BCUT2D eigenvalue weighted by Crippen LogP contribution is 2.20. The zero-order chi connectivity index (χ0) is 14.7. The average molecular weight is 333 g/mol. The summed E-state index contributed by atoms with van der Waals surface area (Å²) in [6.07, 6.45) is 0. The van der Waals surface area contributed by atoms with Crippen LogP contribution in [0.1, 0.15) is 34.5 Å². The summed E-state index contributed by atoms with van der Waals surface area (Å²) in [6.45, 7) is 3.99. The number of nitrogens with one attached hydrogen (secondary N) is 1. The summed E-state index contributed by atoms with van der Waals surface area (Å²) in [5.41, 5.74) is 9.07. The van der Waals surface area contributed by atoms with E-state index in [-0.39, 0.29) is 11.9 Å². The maximum atomic E-state index is 12.3. The molecule has 1 atom stereocenters. The summed E-state index contributed by atoms with van der Waals surface area (Å²) in [5.74, 6) is -0.170. The zero-order valence-corrected chi connectivity index (χ0v) is 13.1. The summed E-state index contributed by atoms with van der Waals surface area (Å²) in [7, 11) is 0. The van der Waals surface area contributed by atoms with E-state index in [1.807, 2.05) is 44.2 Å². The minimum absolute atomic E-state index is 0.0681. The summed E-state index contributed by atoms with van der Waals surface area (Å²) in [4.78, 5) is 12.3. The molecule has 0 fully saturated rings. The Kier molecular flexibility index (Phi) is 4.45. The number of carbonyl (C=O) groups is 1. The number of benzene rings is 2. The summed E-state index contributed by atoms with van der Waals surface area (Å²) < 4.78 is 0.833. The second kappa shape index (κ2) is 6.09. The van der Waals surface area contributed by atoms with Gasteiger partial charge >= 0.3 is 0 Å². The van der Waals surface area contributed by atoms with E-state index in [1.54, 1.807) is 12.1 Å². The number of hydrogen-bond acceptors (Lipinski definition) is 2. The minimum Gasteiger partial charge on any atom is -0.398 e. The van der Waals surface area contributed by atoms with E-state index < -0.39 is 0 Å². The van der Waals surface area contributed by atoms with Gasteiger partial charge in [0.25, 0.3) is 5.91 Å². The number of carbonyl (C=O) groups excluding carboxylic acids is 1. The first-order valence-electron chi connectivity index (χ1n) is 6.40. The van der Waals surface area contributed by atoms with Gasteiger partial charge in [0.1, 0.15) is 0 Å². The highest BCUT2D eigenvalue weighted by molar-refractivity contribution is 9.10. The summed E-state index contributed by atoms with van der Waals surface area (Å²) in [5, 5.41) is 2.96. The van der Waals surface area contributed by atoms with Crippen LogP contribution >= 0.6 is 15.9 Å². The molecule has 0 bridgehead atoms. The van der Waals surface area contributed by atoms with E-state index in [0.717, 1.165) is 10.0 Å². The molecule has 20 heavy (non-hydrogen) atoms. The van der Waals surface area contributed by atoms with Gasteiger partial charge < -0.3 is 11.1 Å². The lowest BCUT2D eigenvalue weighted by atomic mass is 10.1. The third kappa shape index (κ3) is 3.39. The van der Waals surface area contributed by atoms with Gasteiger partial charge in [0.05, 0.1) is 11.6 Å². The molecular formula is C16H17BrN2O. The van der Waals surface area contributed by atoms with Crippen molar-refractivity contribution in [1.82, 2.24) is 5.32 Å². The van der Waals surface area contributed by atoms with Crippen LogP contribution < -0.4 is 11.1 Å². The van der Waals surface area contributed by atoms with Gasteiger partial charge in [-0.2, -0.15) is 0 Å². The summed E-state index contributed by atoms with van der Waals surface area (Å²) >= 11 is 3.35. The second-order valence-electron chi connectivity index (χ2n) is 4.84. The molecule has 4 heteroatoms. The third-order valence-electron chi connectivity index (χ3n) is 3.18. The maximum Gasteiger partial charge on any atom is 0.253 e. The molecule has 2 rings (SSSR count). The molecule has 0 aliphatic carbocycles. The normalized spacial score (nSPS) is 11.9. The molecule has 3 N–H and O–H groups in total. The molecule has 1 amide bonds. The van der Waals surface area contributed by atoms with Crippen LogP contribution in [-0.4, -0.2) is 5.91 Å². The Morgan fingerprint density at radius 2 is 1.85 bits per heavy atom. The van der Waals surface area contributed by atoms with Gasteiger partial charge in [-0.15, -0.1) is 0 Å². The fourth-order valence-electron chi connectivity index (χ4n) is 1.94. The Hall–Kier alpha value is -1.81. The molecule has 0 aliphatic heterocycles. The summed E-state index contributed by atoms with van der Waals surface area (Å²) in [6, 6.07) is 13.3. The van der Waals surface area contributed by atoms with Crippen molar-refractivity contribution in [3.8, 4) is 0 Å². The van der Waals surface area contributed by atoms with Crippen LogP contribution in [0.15, 0.2) is 46.9 Å². The molecule has 0 spiro atoms. The first-order valence-corrected chi connectivity index (χ1v) is 7.19. The Bertz CT molecular complexity index is 623. The quantitative estimate of drug-likeness (QED) is 0.839. The molecule has 0 heterocycles. The third-order valence-corrected chi connectivity index (χ3v) is 3.68. The van der Waals surface area contributed by atoms with E-state index in [4.69, 9.17) is 5.73 Å². The number of amides is 1. The number of nitrogen functional groups attached to an aromatic ring is 1. The van der Waals surface area contributed by atoms with Crippen LogP contribution in [0.5, 0.6) is 0 Å². The van der Waals surface area contributed by atoms with Crippen molar-refractivity contribution in [1.29, 1.82) is 0 Å². The van der Waals surface area contributed by atoms with Crippen molar-refractivity contribution in [2.24, 2.45) is 0 Å². The lowest BCUT2D eigenvalue weighted by Gasteiger charge is -2.15. The smallest absolute Gasteiger partial charge is 0.253 e. The lowest BCUT2D eigenvalue weighted by Crippen LogP contribution is -2.27. The monoisotopic (exact) mass is 332 g/mol. The van der Waals surface area contributed by atoms with Crippen molar-refractivity contribution in [2.75, 3.05) is 5.73 Å². The topological polar surface area (TPSA) is 55.1 Å². The molecule has 2 aromatic rings. The van der Waals surface area contributed by atoms with Gasteiger partial charge in [-0.05, 0) is 37.6 Å². The Balaban J connectivity index is 2.15. The first kappa shape index (κ1) is 14.6. The van der Waals surface area contributed by atoms with Crippen LogP contribution in [0.4, 0.5) is 5.69 Å². The van der Waals surface area contributed by atoms with E-state index in [9.17, 15) is 4.79 Å². The molecule has 0 aromatic heterocycles. The molecule has 3 nitrogen and oxygen atoms in total. The van der Waals surface area contributed by atoms with E-state index in [0.29, 0.717) is 11.3 Å². The van der Waals surface area contributed by atoms with Crippen molar-refractivity contribution in [3.05, 3.63) is 63.6 Å². The Morgan fingerprint density at radius 3 is 2.50 bits per heavy atom. The van der Waals surface area contributed by atoms with Crippen LogP contribution in [0.2, 0.25) is 0 Å². The van der Waals surface area contributed by atoms with Crippen LogP contribution in [0, 0.1) is 6.92 Å². The Morgan fingerprint density at radius 1 is 1.20 bits per heavy atom. The lowest BCUT2D eigenvalue weighted by molar-refractivity contribution is 0.0940. The number of hydrogen-bond donors (Lipinski definition) is 2. The van der Waals surface area contributed by atoms with Gasteiger partial charge in [0.15, 0.2) is 0 Å². The number of anilines is 1. The number of nitrogens with two attached hydrogens (primary N) is 1. The molecular weight excluding hydrogens is 316 g/mol. The van der Waals surface area contributed by atoms with E-state index in [1.165, 1.54) is 5.56 Å². The van der Waals surface area contributed by atoms with E-state index >= 15 is 0 Å². The fraction of sp³-hybridized carbons (Fsp3) is 0.188. The van der Waals surface area contributed by atoms with Crippen molar-refractivity contribution < 1.29 is 4.79 Å². The van der Waals surface area contributed by atoms with Gasteiger partial charge in [-0.3, -0.25) is 4.79 Å². The first-order chi connectivity index (χ1) is 9.47. The molecule has 2 aromatic carbocycles. The van der Waals surface area contributed by atoms with Gasteiger partial charge in [-0.25, -0.2) is 0 Å². The molecule has 0 unspecified atom stereocenters. The van der Waals surface area contributed by atoms with Gasteiger partial charge in [0.2, 0.25) is 0 Å². The minimum atomic E-state index is -0.170. The van der Waals surface area contributed by atoms with Gasteiger partial charge in [0, 0.05) is 10.2 Å². The molecule has 0 aliphatic rings. The standard InChI is InChI=1S/C16H17BrN2O/c1-10-3-5-12(6-4-10)11(2)19-16(20)14-9-13(17)7-8-15(14)18/h3-9,11H,18H2,1-2H3,(H,19,20)/t11-/m1/s1. The SMILES string of the molecule is Cc1ccc([C@@H](C)NC(=O)c2cc(Br)ccc2N)cc1. The van der Waals surface area contributed by atoms with Crippen molar-refractivity contribution >= 4 is 27.5 Å². The van der Waals surface area contributed by atoms with E-state index in [2.05, 4.69) is 21.2 Å². The highest BCUT2D eigenvalue weighted by Gasteiger charge is 2.14. The van der Waals surface area contributed by atoms with Crippen molar-refractivity contribution in [3.63, 3.8) is 0 Å². The largest absolute Gasteiger partial charge is 0.398 e.